The van der Waals surface area contributed by atoms with Crippen LogP contribution in [-0.2, 0) is 0 Å². The Bertz CT molecular complexity index is 471. The summed E-state index contributed by atoms with van der Waals surface area (Å²) in [5.41, 5.74) is 2.00. The van der Waals surface area contributed by atoms with Gasteiger partial charge in [-0.25, -0.2) is 4.98 Å². The summed E-state index contributed by atoms with van der Waals surface area (Å²) in [4.78, 5) is 13.2. The number of rotatable bonds is 6. The van der Waals surface area contributed by atoms with Gasteiger partial charge in [-0.1, -0.05) is 0 Å². The molecule has 0 unspecified atom stereocenters. The van der Waals surface area contributed by atoms with Gasteiger partial charge in [-0.15, -0.1) is 0 Å². The van der Waals surface area contributed by atoms with E-state index in [0.717, 1.165) is 36.7 Å². The zero-order valence-electron chi connectivity index (χ0n) is 13.6. The third-order valence-corrected chi connectivity index (χ3v) is 3.95. The predicted octanol–water partition coefficient (Wildman–Crippen LogP) is 1.03. The maximum atomic E-state index is 10.2. The maximum Gasteiger partial charge on any atom is 0.227 e. The minimum absolute atomic E-state index is 0.374. The largest absolute Gasteiger partial charge is 0.390 e. The summed E-state index contributed by atoms with van der Waals surface area (Å²) in [6.07, 6.45) is 2.12. The first-order valence-electron chi connectivity index (χ1n) is 7.64. The summed E-state index contributed by atoms with van der Waals surface area (Å²) in [5, 5.41) is 13.4. The van der Waals surface area contributed by atoms with Crippen LogP contribution in [0.3, 0.4) is 0 Å². The van der Waals surface area contributed by atoms with Gasteiger partial charge in [0.25, 0.3) is 0 Å². The highest BCUT2D eigenvalue weighted by molar-refractivity contribution is 5.50. The number of nitrogens with zero attached hydrogens (tertiary/aromatic N) is 4. The minimum atomic E-state index is -0.374. The number of hydrogen-bond donors (Lipinski definition) is 2. The Balaban J connectivity index is 1.95. The Kier molecular flexibility index (Phi) is 5.36. The van der Waals surface area contributed by atoms with E-state index in [0.29, 0.717) is 12.5 Å². The van der Waals surface area contributed by atoms with Gasteiger partial charge in [-0.3, -0.25) is 0 Å². The fourth-order valence-electron chi connectivity index (χ4n) is 2.53. The van der Waals surface area contributed by atoms with Crippen LogP contribution in [-0.4, -0.2) is 66.4 Å². The second-order valence-corrected chi connectivity index (χ2v) is 6.02. The number of β-amino-alcohol motifs (C(OH)–C–C–N with tert-alkyl or cyclic N) is 1. The average Bonchev–Trinajstić information content (AvgIpc) is 2.92. The van der Waals surface area contributed by atoms with Gasteiger partial charge in [0.15, 0.2) is 0 Å². The van der Waals surface area contributed by atoms with E-state index in [4.69, 9.17) is 0 Å². The van der Waals surface area contributed by atoms with E-state index >= 15 is 0 Å². The molecule has 2 rings (SSSR count). The van der Waals surface area contributed by atoms with E-state index in [1.165, 1.54) is 12.8 Å². The first-order valence-corrected chi connectivity index (χ1v) is 7.64. The van der Waals surface area contributed by atoms with Crippen molar-refractivity contribution >= 4 is 11.8 Å². The first-order chi connectivity index (χ1) is 9.97. The number of aryl methyl sites for hydroxylation is 1. The lowest BCUT2D eigenvalue weighted by atomic mass is 10.2. The van der Waals surface area contributed by atoms with E-state index in [2.05, 4.69) is 20.2 Å². The molecular weight excluding hydrogens is 266 g/mol. The monoisotopic (exact) mass is 293 g/mol. The van der Waals surface area contributed by atoms with Gasteiger partial charge in [-0.05, 0) is 39.8 Å². The molecule has 0 radical (unpaired) electrons. The highest BCUT2D eigenvalue weighted by atomic mass is 16.3. The summed E-state index contributed by atoms with van der Waals surface area (Å²) in [6.45, 7) is 7.44. The molecule has 21 heavy (non-hydrogen) atoms. The molecule has 1 saturated heterocycles. The molecule has 0 bridgehead atoms. The van der Waals surface area contributed by atoms with E-state index in [9.17, 15) is 5.11 Å². The van der Waals surface area contributed by atoms with Crippen molar-refractivity contribution in [1.29, 1.82) is 0 Å². The molecule has 6 heteroatoms. The lowest BCUT2D eigenvalue weighted by molar-refractivity contribution is 0.135. The Labute approximate surface area is 127 Å². The van der Waals surface area contributed by atoms with Crippen molar-refractivity contribution in [2.24, 2.45) is 0 Å². The predicted molar refractivity (Wildman–Crippen MR) is 86.0 cm³/mol. The van der Waals surface area contributed by atoms with Crippen molar-refractivity contribution in [3.8, 4) is 0 Å². The molecule has 0 saturated carbocycles. The fourth-order valence-corrected chi connectivity index (χ4v) is 2.53. The molecule has 1 aliphatic rings. The van der Waals surface area contributed by atoms with Gasteiger partial charge < -0.3 is 20.2 Å². The standard InChI is InChI=1S/C15H27N5O/c1-11-12(2)17-15(19(3)4)18-14(11)16-9-13(21)10-20-7-5-6-8-20/h13,21H,5-10H2,1-4H3,(H,16,17,18)/t13-/m1/s1. The van der Waals surface area contributed by atoms with Crippen molar-refractivity contribution in [2.45, 2.75) is 32.8 Å². The average molecular weight is 293 g/mol. The normalized spacial score (nSPS) is 17.0. The molecule has 118 valence electrons. The van der Waals surface area contributed by atoms with Crippen LogP contribution in [0.15, 0.2) is 0 Å². The van der Waals surface area contributed by atoms with Crippen molar-refractivity contribution in [1.82, 2.24) is 14.9 Å². The second kappa shape index (κ2) is 7.04. The van der Waals surface area contributed by atoms with Crippen LogP contribution in [0, 0.1) is 13.8 Å². The van der Waals surface area contributed by atoms with Crippen LogP contribution < -0.4 is 10.2 Å². The third kappa shape index (κ3) is 4.28. The second-order valence-electron chi connectivity index (χ2n) is 6.02. The van der Waals surface area contributed by atoms with E-state index in [-0.39, 0.29) is 6.10 Å². The maximum absolute atomic E-state index is 10.2. The molecule has 6 nitrogen and oxygen atoms in total. The molecule has 1 aliphatic heterocycles. The third-order valence-electron chi connectivity index (χ3n) is 3.95. The number of likely N-dealkylation sites (tertiary alicyclic amines) is 1. The molecule has 1 aromatic heterocycles. The van der Waals surface area contributed by atoms with Crippen molar-refractivity contribution in [3.05, 3.63) is 11.3 Å². The molecule has 0 amide bonds. The fraction of sp³-hybridized carbons (Fsp3) is 0.733. The summed E-state index contributed by atoms with van der Waals surface area (Å²) in [7, 11) is 3.85. The van der Waals surface area contributed by atoms with Crippen molar-refractivity contribution < 1.29 is 5.11 Å². The molecule has 1 aromatic rings. The lowest BCUT2D eigenvalue weighted by Gasteiger charge is -2.21. The van der Waals surface area contributed by atoms with E-state index in [1.807, 2.05) is 32.8 Å². The lowest BCUT2D eigenvalue weighted by Crippen LogP contribution is -2.34. The Morgan fingerprint density at radius 1 is 1.24 bits per heavy atom. The minimum Gasteiger partial charge on any atom is -0.390 e. The molecule has 1 fully saturated rings. The van der Waals surface area contributed by atoms with Crippen LogP contribution in [0.4, 0.5) is 11.8 Å². The molecule has 2 heterocycles. The van der Waals surface area contributed by atoms with Crippen LogP contribution in [0.2, 0.25) is 0 Å². The van der Waals surface area contributed by atoms with Crippen molar-refractivity contribution in [2.75, 3.05) is 50.5 Å². The summed E-state index contributed by atoms with van der Waals surface area (Å²) >= 11 is 0. The zero-order chi connectivity index (χ0) is 15.4. The first kappa shape index (κ1) is 16.0. The zero-order valence-corrected chi connectivity index (χ0v) is 13.6. The van der Waals surface area contributed by atoms with Gasteiger partial charge in [0.05, 0.1) is 6.10 Å². The van der Waals surface area contributed by atoms with E-state index < -0.39 is 0 Å². The van der Waals surface area contributed by atoms with E-state index in [1.54, 1.807) is 0 Å². The SMILES string of the molecule is Cc1nc(N(C)C)nc(NC[C@@H](O)CN2CCCC2)c1C. The number of aliphatic hydroxyl groups is 1. The number of aliphatic hydroxyl groups excluding tert-OH is 1. The smallest absolute Gasteiger partial charge is 0.227 e. The van der Waals surface area contributed by atoms with Gasteiger partial charge in [0, 0.05) is 38.4 Å². The number of hydrogen-bond acceptors (Lipinski definition) is 6. The molecule has 2 N–H and O–H groups in total. The Morgan fingerprint density at radius 3 is 2.52 bits per heavy atom. The van der Waals surface area contributed by atoms with Gasteiger partial charge in [0.1, 0.15) is 5.82 Å². The van der Waals surface area contributed by atoms with Crippen LogP contribution in [0.1, 0.15) is 24.1 Å². The number of anilines is 2. The van der Waals surface area contributed by atoms with Crippen molar-refractivity contribution in [3.63, 3.8) is 0 Å². The Hall–Kier alpha value is -1.40. The van der Waals surface area contributed by atoms with Gasteiger partial charge in [0.2, 0.25) is 5.95 Å². The summed E-state index contributed by atoms with van der Waals surface area (Å²) in [5.74, 6) is 1.50. The highest BCUT2D eigenvalue weighted by Crippen LogP contribution is 2.18. The number of nitrogens with one attached hydrogen (secondary N) is 1. The number of aromatic nitrogens is 2. The van der Waals surface area contributed by atoms with Crippen LogP contribution in [0.5, 0.6) is 0 Å². The van der Waals surface area contributed by atoms with Crippen LogP contribution in [0.25, 0.3) is 0 Å². The summed E-state index contributed by atoms with van der Waals surface area (Å²) in [6, 6.07) is 0. The van der Waals surface area contributed by atoms with Crippen LogP contribution >= 0.6 is 0 Å². The topological polar surface area (TPSA) is 64.5 Å². The summed E-state index contributed by atoms with van der Waals surface area (Å²) < 4.78 is 0. The molecule has 0 aromatic carbocycles. The molecular formula is C15H27N5O. The molecule has 1 atom stereocenters. The Morgan fingerprint density at radius 2 is 1.90 bits per heavy atom. The quantitative estimate of drug-likeness (QED) is 0.817. The highest BCUT2D eigenvalue weighted by Gasteiger charge is 2.16. The van der Waals surface area contributed by atoms with Gasteiger partial charge in [-0.2, -0.15) is 4.98 Å². The van der Waals surface area contributed by atoms with Gasteiger partial charge >= 0.3 is 0 Å². The molecule has 0 spiro atoms. The molecule has 0 aliphatic carbocycles.